The van der Waals surface area contributed by atoms with Crippen molar-refractivity contribution in [3.63, 3.8) is 0 Å². The van der Waals surface area contributed by atoms with Crippen LogP contribution in [0.4, 0.5) is 15.6 Å². The summed E-state index contributed by atoms with van der Waals surface area (Å²) in [6, 6.07) is 6.66. The van der Waals surface area contributed by atoms with Crippen molar-refractivity contribution in [3.05, 3.63) is 33.2 Å². The van der Waals surface area contributed by atoms with E-state index in [9.17, 15) is 4.79 Å². The molecule has 100 valence electrons. The summed E-state index contributed by atoms with van der Waals surface area (Å²) in [5, 5.41) is 11.7. The zero-order valence-electron chi connectivity index (χ0n) is 9.93. The number of nitrogens with zero attached hydrogens (tertiary/aromatic N) is 3. The number of aromatic nitrogens is 2. The monoisotopic (exact) mass is 360 g/mol. The van der Waals surface area contributed by atoms with Crippen molar-refractivity contribution >= 4 is 55.7 Å². The van der Waals surface area contributed by atoms with Crippen LogP contribution in [0.2, 0.25) is 5.02 Å². The van der Waals surface area contributed by atoms with Gasteiger partial charge in [0.1, 0.15) is 0 Å². The van der Waals surface area contributed by atoms with Gasteiger partial charge in [-0.2, -0.15) is 0 Å². The second-order valence-electron chi connectivity index (χ2n) is 3.52. The minimum Gasteiger partial charge on any atom is -0.307 e. The van der Waals surface area contributed by atoms with Gasteiger partial charge in [-0.15, -0.1) is 10.2 Å². The lowest BCUT2D eigenvalue weighted by molar-refractivity contribution is 0.257. The third-order valence-corrected chi connectivity index (χ3v) is 3.91. The molecule has 1 aromatic heterocycles. The maximum Gasteiger partial charge on any atom is 0.328 e. The molecule has 0 unspecified atom stereocenters. The van der Waals surface area contributed by atoms with Crippen molar-refractivity contribution in [3.8, 4) is 0 Å². The van der Waals surface area contributed by atoms with Crippen LogP contribution in [0, 0.1) is 0 Å². The van der Waals surface area contributed by atoms with Gasteiger partial charge in [-0.25, -0.2) is 4.79 Å². The molecule has 19 heavy (non-hydrogen) atoms. The Kier molecular flexibility index (Phi) is 4.73. The lowest BCUT2D eigenvalue weighted by Gasteiger charge is -2.17. The number of halogens is 2. The number of urea groups is 1. The largest absolute Gasteiger partial charge is 0.328 e. The van der Waals surface area contributed by atoms with Gasteiger partial charge < -0.3 is 5.32 Å². The highest BCUT2D eigenvalue weighted by Crippen LogP contribution is 2.24. The highest BCUT2D eigenvalue weighted by atomic mass is 79.9. The number of hydrogen-bond acceptors (Lipinski definition) is 4. The Bertz CT molecular complexity index is 574. The lowest BCUT2D eigenvalue weighted by Crippen LogP contribution is -2.34. The number of anilines is 2. The molecule has 1 aromatic carbocycles. The molecule has 0 bridgehead atoms. The number of nitrogens with one attached hydrogen (secondary N) is 1. The van der Waals surface area contributed by atoms with Gasteiger partial charge >= 0.3 is 6.03 Å². The molecule has 1 heterocycles. The van der Waals surface area contributed by atoms with E-state index in [-0.39, 0.29) is 6.03 Å². The second-order valence-corrected chi connectivity index (χ2v) is 6.19. The average Bonchev–Trinajstić information content (AvgIpc) is 2.80. The van der Waals surface area contributed by atoms with E-state index < -0.39 is 0 Å². The van der Waals surface area contributed by atoms with E-state index in [4.69, 9.17) is 11.6 Å². The summed E-state index contributed by atoms with van der Waals surface area (Å²) in [7, 11) is 0. The Morgan fingerprint density at radius 1 is 1.42 bits per heavy atom. The quantitative estimate of drug-likeness (QED) is 0.898. The van der Waals surface area contributed by atoms with Crippen LogP contribution in [0.15, 0.2) is 28.2 Å². The summed E-state index contributed by atoms with van der Waals surface area (Å²) in [5.74, 6) is 0. The second kappa shape index (κ2) is 6.31. The van der Waals surface area contributed by atoms with Crippen molar-refractivity contribution < 1.29 is 4.79 Å². The van der Waals surface area contributed by atoms with Crippen molar-refractivity contribution in [2.24, 2.45) is 0 Å². The number of carbonyl (C=O) groups excluding carboxylic acids is 1. The van der Waals surface area contributed by atoms with Gasteiger partial charge in [-0.3, -0.25) is 4.90 Å². The summed E-state index contributed by atoms with van der Waals surface area (Å²) in [6.07, 6.45) is 0. The highest BCUT2D eigenvalue weighted by Gasteiger charge is 2.18. The van der Waals surface area contributed by atoms with Crippen LogP contribution in [0.25, 0.3) is 0 Å². The van der Waals surface area contributed by atoms with Crippen LogP contribution in [-0.2, 0) is 0 Å². The van der Waals surface area contributed by atoms with E-state index in [1.807, 2.05) is 6.92 Å². The van der Waals surface area contributed by atoms with Gasteiger partial charge in [-0.05, 0) is 47.1 Å². The van der Waals surface area contributed by atoms with Crippen LogP contribution < -0.4 is 10.2 Å². The van der Waals surface area contributed by atoms with Crippen LogP contribution in [-0.4, -0.2) is 22.8 Å². The topological polar surface area (TPSA) is 58.1 Å². The fraction of sp³-hybridized carbons (Fsp3) is 0.182. The number of amides is 2. The summed E-state index contributed by atoms with van der Waals surface area (Å²) in [4.78, 5) is 13.7. The van der Waals surface area contributed by atoms with E-state index in [1.54, 1.807) is 24.3 Å². The van der Waals surface area contributed by atoms with Crippen molar-refractivity contribution in [2.75, 3.05) is 16.8 Å². The van der Waals surface area contributed by atoms with E-state index >= 15 is 0 Å². The first-order chi connectivity index (χ1) is 9.10. The number of benzene rings is 1. The maximum absolute atomic E-state index is 12.1. The molecule has 1 N–H and O–H groups in total. The van der Waals surface area contributed by atoms with Gasteiger partial charge in [0.2, 0.25) is 5.13 Å². The summed E-state index contributed by atoms with van der Waals surface area (Å²) in [6.45, 7) is 2.37. The van der Waals surface area contributed by atoms with Gasteiger partial charge in [0.25, 0.3) is 0 Å². The van der Waals surface area contributed by atoms with Gasteiger partial charge in [0.15, 0.2) is 3.92 Å². The first-order valence-electron chi connectivity index (χ1n) is 5.43. The Balaban J connectivity index is 2.11. The Hall–Kier alpha value is -1.18. The standard InChI is InChI=1S/C11H10BrClN4OS/c1-2-17(11-16-15-9(12)19-11)10(18)14-8-5-3-7(13)4-6-8/h3-6H,2H2,1H3,(H,14,18). The van der Waals surface area contributed by atoms with Crippen molar-refractivity contribution in [1.29, 1.82) is 0 Å². The molecule has 8 heteroatoms. The minimum absolute atomic E-state index is 0.256. The number of rotatable bonds is 3. The minimum atomic E-state index is -0.256. The normalized spacial score (nSPS) is 10.3. The predicted octanol–water partition coefficient (Wildman–Crippen LogP) is 4.01. The number of carbonyl (C=O) groups is 1. The van der Waals surface area contributed by atoms with Crippen molar-refractivity contribution in [1.82, 2.24) is 10.2 Å². The molecule has 2 rings (SSSR count). The average molecular weight is 362 g/mol. The molecule has 0 aliphatic carbocycles. The van der Waals surface area contributed by atoms with Gasteiger partial charge in [-0.1, -0.05) is 22.9 Å². The molecule has 0 atom stereocenters. The fourth-order valence-corrected chi connectivity index (χ4v) is 2.67. The molecule has 2 amide bonds. The first-order valence-corrected chi connectivity index (χ1v) is 7.42. The molecule has 0 fully saturated rings. The molecule has 0 saturated carbocycles. The van der Waals surface area contributed by atoms with Gasteiger partial charge in [0, 0.05) is 17.3 Å². The third kappa shape index (κ3) is 3.65. The third-order valence-electron chi connectivity index (χ3n) is 2.28. The Labute approximate surface area is 127 Å². The predicted molar refractivity (Wildman–Crippen MR) is 81.1 cm³/mol. The van der Waals surface area contributed by atoms with E-state index in [1.165, 1.54) is 16.2 Å². The molecule has 0 spiro atoms. The van der Waals surface area contributed by atoms with Crippen LogP contribution in [0.5, 0.6) is 0 Å². The molecule has 0 saturated heterocycles. The van der Waals surface area contributed by atoms with Crippen molar-refractivity contribution in [2.45, 2.75) is 6.92 Å². The van der Waals surface area contributed by atoms with E-state index in [2.05, 4.69) is 31.4 Å². The lowest BCUT2D eigenvalue weighted by atomic mass is 10.3. The Morgan fingerprint density at radius 2 is 2.11 bits per heavy atom. The van der Waals surface area contributed by atoms with Crippen LogP contribution in [0.3, 0.4) is 0 Å². The number of hydrogen-bond donors (Lipinski definition) is 1. The first kappa shape index (κ1) is 14.2. The molecular weight excluding hydrogens is 352 g/mol. The summed E-state index contributed by atoms with van der Waals surface area (Å²) in [5.41, 5.74) is 0.677. The van der Waals surface area contributed by atoms with E-state index in [0.29, 0.717) is 26.3 Å². The molecular formula is C11H10BrClN4OS. The Morgan fingerprint density at radius 3 is 2.63 bits per heavy atom. The summed E-state index contributed by atoms with van der Waals surface area (Å²) < 4.78 is 0.639. The molecule has 0 aliphatic heterocycles. The highest BCUT2D eigenvalue weighted by molar-refractivity contribution is 9.11. The van der Waals surface area contributed by atoms with E-state index in [0.717, 1.165) is 0 Å². The zero-order valence-corrected chi connectivity index (χ0v) is 13.1. The maximum atomic E-state index is 12.1. The summed E-state index contributed by atoms with van der Waals surface area (Å²) >= 11 is 10.3. The molecule has 0 aliphatic rings. The van der Waals surface area contributed by atoms with Crippen LogP contribution in [0.1, 0.15) is 6.92 Å². The molecule has 0 radical (unpaired) electrons. The molecule has 5 nitrogen and oxygen atoms in total. The molecule has 2 aromatic rings. The fourth-order valence-electron chi connectivity index (χ4n) is 1.40. The van der Waals surface area contributed by atoms with Crippen LogP contribution >= 0.6 is 38.9 Å². The van der Waals surface area contributed by atoms with Gasteiger partial charge in [0.05, 0.1) is 0 Å². The SMILES string of the molecule is CCN(C(=O)Nc1ccc(Cl)cc1)c1nnc(Br)s1. The smallest absolute Gasteiger partial charge is 0.307 e. The zero-order chi connectivity index (χ0) is 13.8.